The zero-order valence-electron chi connectivity index (χ0n) is 13.7. The number of nitrogens with zero attached hydrogens (tertiary/aromatic N) is 3. The van der Waals surface area contributed by atoms with Crippen molar-refractivity contribution in [2.24, 2.45) is 0 Å². The van der Waals surface area contributed by atoms with E-state index in [4.69, 9.17) is 11.6 Å². The first-order chi connectivity index (χ1) is 11.3. The zero-order chi connectivity index (χ0) is 19.2. The molecule has 0 saturated heterocycles. The average Bonchev–Trinajstić information content (AvgIpc) is 2.92. The van der Waals surface area contributed by atoms with E-state index in [0.717, 1.165) is 10.4 Å². The lowest BCUT2D eigenvalue weighted by Gasteiger charge is -2.32. The summed E-state index contributed by atoms with van der Waals surface area (Å²) in [7, 11) is -2.84. The number of rotatable bonds is 4. The van der Waals surface area contributed by atoms with Crippen LogP contribution in [0.25, 0.3) is 0 Å². The van der Waals surface area contributed by atoms with Crippen LogP contribution in [0.2, 0.25) is 5.02 Å². The fourth-order valence-electron chi connectivity index (χ4n) is 2.01. The van der Waals surface area contributed by atoms with Gasteiger partial charge in [-0.1, -0.05) is 22.9 Å². The molecule has 138 valence electrons. The van der Waals surface area contributed by atoms with E-state index in [-0.39, 0.29) is 0 Å². The highest BCUT2D eigenvalue weighted by molar-refractivity contribution is 7.89. The van der Waals surface area contributed by atoms with Gasteiger partial charge in [-0.3, -0.25) is 0 Å². The van der Waals surface area contributed by atoms with Crippen LogP contribution in [0.1, 0.15) is 29.4 Å². The van der Waals surface area contributed by atoms with E-state index >= 15 is 0 Å². The predicted octanol–water partition coefficient (Wildman–Crippen LogP) is 4.07. The molecule has 0 aliphatic carbocycles. The first-order valence-electron chi connectivity index (χ1n) is 6.94. The van der Waals surface area contributed by atoms with Gasteiger partial charge in [-0.05, 0) is 39.0 Å². The molecule has 0 fully saturated rings. The van der Waals surface area contributed by atoms with Crippen LogP contribution < -0.4 is 0 Å². The molecule has 5 nitrogen and oxygen atoms in total. The minimum absolute atomic E-state index is 0.404. The zero-order valence-corrected chi connectivity index (χ0v) is 16.1. The van der Waals surface area contributed by atoms with Crippen LogP contribution in [-0.4, -0.2) is 30.0 Å². The van der Waals surface area contributed by atoms with E-state index in [0.29, 0.717) is 22.1 Å². The molecule has 1 aromatic carbocycles. The molecule has 0 spiro atoms. The summed E-state index contributed by atoms with van der Waals surface area (Å²) in [5, 5.41) is 8.47. The van der Waals surface area contributed by atoms with E-state index < -0.39 is 37.2 Å². The minimum Gasteiger partial charge on any atom is -0.207 e. The number of sulfonamides is 1. The molecular weight excluding hydrogens is 399 g/mol. The maximum absolute atomic E-state index is 12.9. The molecular formula is C14H15ClF3N3O2S2. The van der Waals surface area contributed by atoms with Crippen molar-refractivity contribution >= 4 is 33.0 Å². The Morgan fingerprint density at radius 3 is 2.24 bits per heavy atom. The van der Waals surface area contributed by atoms with Crippen LogP contribution in [0.5, 0.6) is 0 Å². The molecule has 0 N–H and O–H groups in total. The molecule has 1 heterocycles. The van der Waals surface area contributed by atoms with Crippen molar-refractivity contribution in [3.8, 4) is 0 Å². The standard InChI is InChI=1S/C14H15ClF3N3O2S2/c1-8-19-20-12(24-8)13(2,3)21(4)25(22,23)11-6-5-9(7-10(11)15)14(16,17)18/h5-7H,1-4H3. The van der Waals surface area contributed by atoms with Gasteiger partial charge in [-0.15, -0.1) is 10.2 Å². The van der Waals surface area contributed by atoms with Gasteiger partial charge in [-0.25, -0.2) is 8.42 Å². The Kier molecular flexibility index (Phi) is 5.22. The van der Waals surface area contributed by atoms with Crippen LogP contribution in [0.3, 0.4) is 0 Å². The highest BCUT2D eigenvalue weighted by atomic mass is 35.5. The van der Waals surface area contributed by atoms with Crippen molar-refractivity contribution in [3.63, 3.8) is 0 Å². The SMILES string of the molecule is Cc1nnc(C(C)(C)N(C)S(=O)(=O)c2ccc(C(F)(F)F)cc2Cl)s1. The Labute approximate surface area is 152 Å². The molecule has 11 heteroatoms. The van der Waals surface area contributed by atoms with Gasteiger partial charge in [0.15, 0.2) is 0 Å². The van der Waals surface area contributed by atoms with Gasteiger partial charge in [0.05, 0.1) is 16.1 Å². The van der Waals surface area contributed by atoms with Gasteiger partial charge in [0.25, 0.3) is 0 Å². The topological polar surface area (TPSA) is 63.2 Å². The molecule has 25 heavy (non-hydrogen) atoms. The second-order valence-electron chi connectivity index (χ2n) is 5.80. The van der Waals surface area contributed by atoms with Crippen molar-refractivity contribution in [2.45, 2.75) is 37.4 Å². The number of hydrogen-bond acceptors (Lipinski definition) is 5. The monoisotopic (exact) mass is 413 g/mol. The summed E-state index contributed by atoms with van der Waals surface area (Å²) < 4.78 is 64.9. The van der Waals surface area contributed by atoms with Crippen LogP contribution >= 0.6 is 22.9 Å². The quantitative estimate of drug-likeness (QED) is 0.757. The van der Waals surface area contributed by atoms with Crippen LogP contribution in [-0.2, 0) is 21.7 Å². The van der Waals surface area contributed by atoms with Crippen LogP contribution in [0, 0.1) is 6.92 Å². The van der Waals surface area contributed by atoms with E-state index in [1.54, 1.807) is 20.8 Å². The summed E-state index contributed by atoms with van der Waals surface area (Å²) in [6.07, 6.45) is -4.61. The predicted molar refractivity (Wildman–Crippen MR) is 89.1 cm³/mol. The smallest absolute Gasteiger partial charge is 0.207 e. The molecule has 0 atom stereocenters. The van der Waals surface area contributed by atoms with Gasteiger partial charge in [0.1, 0.15) is 14.9 Å². The van der Waals surface area contributed by atoms with Gasteiger partial charge >= 0.3 is 6.18 Å². The Hall–Kier alpha value is -1.23. The Morgan fingerprint density at radius 2 is 1.80 bits per heavy atom. The second-order valence-corrected chi connectivity index (χ2v) is 9.33. The second kappa shape index (κ2) is 6.49. The van der Waals surface area contributed by atoms with Crippen LogP contribution in [0.15, 0.2) is 23.1 Å². The highest BCUT2D eigenvalue weighted by Gasteiger charge is 2.40. The van der Waals surface area contributed by atoms with Crippen molar-refractivity contribution in [1.29, 1.82) is 0 Å². The third kappa shape index (κ3) is 3.81. The Bertz CT molecular complexity index is 895. The number of hydrogen-bond donors (Lipinski definition) is 0. The molecule has 0 amide bonds. The molecule has 1 aromatic heterocycles. The first kappa shape index (κ1) is 20.1. The van der Waals surface area contributed by atoms with Crippen molar-refractivity contribution < 1.29 is 21.6 Å². The molecule has 0 aliphatic heterocycles. The molecule has 0 saturated carbocycles. The van der Waals surface area contributed by atoms with E-state index in [2.05, 4.69) is 10.2 Å². The third-order valence-electron chi connectivity index (χ3n) is 3.73. The maximum atomic E-state index is 12.9. The molecule has 2 rings (SSSR count). The average molecular weight is 414 g/mol. The van der Waals surface area contributed by atoms with Gasteiger partial charge < -0.3 is 0 Å². The summed E-state index contributed by atoms with van der Waals surface area (Å²) in [5.41, 5.74) is -2.07. The Balaban J connectivity index is 2.48. The summed E-state index contributed by atoms with van der Waals surface area (Å²) in [6.45, 7) is 4.99. The lowest BCUT2D eigenvalue weighted by Crippen LogP contribution is -2.42. The molecule has 0 aliphatic rings. The van der Waals surface area contributed by atoms with E-state index in [9.17, 15) is 21.6 Å². The van der Waals surface area contributed by atoms with Gasteiger partial charge in [0, 0.05) is 7.05 Å². The summed E-state index contributed by atoms with van der Waals surface area (Å²) in [4.78, 5) is -0.404. The van der Waals surface area contributed by atoms with Crippen molar-refractivity contribution in [1.82, 2.24) is 14.5 Å². The highest BCUT2D eigenvalue weighted by Crippen LogP contribution is 2.37. The van der Waals surface area contributed by atoms with Crippen molar-refractivity contribution in [2.75, 3.05) is 7.05 Å². The number of alkyl halides is 3. The van der Waals surface area contributed by atoms with Gasteiger partial charge in [0.2, 0.25) is 10.0 Å². The number of benzene rings is 1. The Morgan fingerprint density at radius 1 is 1.20 bits per heavy atom. The van der Waals surface area contributed by atoms with E-state index in [1.807, 2.05) is 0 Å². The molecule has 0 radical (unpaired) electrons. The van der Waals surface area contributed by atoms with Crippen molar-refractivity contribution in [3.05, 3.63) is 38.8 Å². The lowest BCUT2D eigenvalue weighted by molar-refractivity contribution is -0.137. The maximum Gasteiger partial charge on any atom is 0.416 e. The fourth-order valence-corrected chi connectivity index (χ4v) is 4.90. The third-order valence-corrected chi connectivity index (χ3v) is 7.40. The van der Waals surface area contributed by atoms with Crippen LogP contribution in [0.4, 0.5) is 13.2 Å². The first-order valence-corrected chi connectivity index (χ1v) is 9.57. The minimum atomic E-state index is -4.61. The largest absolute Gasteiger partial charge is 0.416 e. The number of aryl methyl sites for hydroxylation is 1. The summed E-state index contributed by atoms with van der Waals surface area (Å²) >= 11 is 7.07. The lowest BCUT2D eigenvalue weighted by atomic mass is 10.1. The normalized spacial score (nSPS) is 13.5. The van der Waals surface area contributed by atoms with E-state index in [1.165, 1.54) is 18.4 Å². The summed E-state index contributed by atoms with van der Waals surface area (Å²) in [6, 6.07) is 2.15. The molecule has 0 bridgehead atoms. The molecule has 2 aromatic rings. The molecule has 0 unspecified atom stereocenters. The fraction of sp³-hybridized carbons (Fsp3) is 0.429. The van der Waals surface area contributed by atoms with Gasteiger partial charge in [-0.2, -0.15) is 17.5 Å². The number of halogens is 4. The number of aromatic nitrogens is 2. The summed E-state index contributed by atoms with van der Waals surface area (Å²) in [5.74, 6) is 0.